The first-order chi connectivity index (χ1) is 18.9. The summed E-state index contributed by atoms with van der Waals surface area (Å²) in [4.78, 5) is 45.3. The third-order valence-corrected chi connectivity index (χ3v) is 8.25. The standard InChI is InChI=1S/C31H32N5O3/c1-20-7-2-3-8-22(20)18-36(30(39)34-24-9-4-5-10-24)19-27(37)33-25-13-12-21-16-31(17-23(21)15-25)26-11-6-14-32-28(26)35-29(31)38/h2-3,6-8,11-15,24H,1,4-5,9-10,16-19H2,(H,33,37)(H,34,39)(H,32,35,38). The van der Waals surface area contributed by atoms with Crippen molar-refractivity contribution in [3.63, 3.8) is 0 Å². The second-order valence-corrected chi connectivity index (χ2v) is 10.9. The Morgan fingerprint density at radius 3 is 2.67 bits per heavy atom. The molecule has 1 aliphatic heterocycles. The van der Waals surface area contributed by atoms with E-state index in [0.717, 1.165) is 53.5 Å². The van der Waals surface area contributed by atoms with Gasteiger partial charge in [0.25, 0.3) is 0 Å². The highest BCUT2D eigenvalue weighted by atomic mass is 16.2. The molecule has 39 heavy (non-hydrogen) atoms. The second-order valence-electron chi connectivity index (χ2n) is 10.9. The maximum absolute atomic E-state index is 13.2. The minimum Gasteiger partial charge on any atom is -0.335 e. The number of carbonyl (C=O) groups excluding carboxylic acids is 3. The number of hydrogen-bond donors (Lipinski definition) is 3. The Hall–Kier alpha value is -4.20. The zero-order valence-corrected chi connectivity index (χ0v) is 21.8. The van der Waals surface area contributed by atoms with E-state index in [1.807, 2.05) is 54.6 Å². The molecule has 2 aromatic carbocycles. The number of pyridine rings is 1. The molecule has 0 bridgehead atoms. The molecular formula is C31H32N5O3. The first-order valence-corrected chi connectivity index (χ1v) is 13.6. The largest absolute Gasteiger partial charge is 0.335 e. The Balaban J connectivity index is 1.16. The number of rotatable bonds is 6. The SMILES string of the molecule is [CH2]c1ccccc1CN(CC(=O)Nc1ccc2c(c1)CC1(C2)C(=O)Nc2ncccc21)C(=O)NC1CCCC1. The molecule has 2 heterocycles. The molecule has 1 fully saturated rings. The smallest absolute Gasteiger partial charge is 0.318 e. The lowest BCUT2D eigenvalue weighted by atomic mass is 9.79. The maximum Gasteiger partial charge on any atom is 0.318 e. The van der Waals surface area contributed by atoms with Crippen LogP contribution in [0.25, 0.3) is 0 Å². The molecule has 6 rings (SSSR count). The van der Waals surface area contributed by atoms with Crippen molar-refractivity contribution in [3.8, 4) is 0 Å². The van der Waals surface area contributed by atoms with Crippen LogP contribution in [0, 0.1) is 6.92 Å². The summed E-state index contributed by atoms with van der Waals surface area (Å²) in [6, 6.07) is 17.2. The van der Waals surface area contributed by atoms with Gasteiger partial charge in [0.1, 0.15) is 12.4 Å². The highest BCUT2D eigenvalue weighted by Crippen LogP contribution is 2.46. The number of hydrogen-bond acceptors (Lipinski definition) is 4. The highest BCUT2D eigenvalue weighted by Gasteiger charge is 2.51. The third kappa shape index (κ3) is 4.87. The van der Waals surface area contributed by atoms with Gasteiger partial charge in [0.05, 0.1) is 5.41 Å². The summed E-state index contributed by atoms with van der Waals surface area (Å²) in [6.07, 6.45) is 6.97. The lowest BCUT2D eigenvalue weighted by molar-refractivity contribution is -0.120. The van der Waals surface area contributed by atoms with Crippen LogP contribution in [0.4, 0.5) is 16.3 Å². The molecule has 1 aromatic heterocycles. The van der Waals surface area contributed by atoms with Crippen molar-refractivity contribution in [3.05, 3.63) is 95.5 Å². The number of aromatic nitrogens is 1. The highest BCUT2D eigenvalue weighted by molar-refractivity contribution is 6.06. The quantitative estimate of drug-likeness (QED) is 0.448. The Morgan fingerprint density at radius 1 is 1.05 bits per heavy atom. The van der Waals surface area contributed by atoms with Crippen molar-refractivity contribution in [1.82, 2.24) is 15.2 Å². The van der Waals surface area contributed by atoms with Crippen LogP contribution in [0.15, 0.2) is 60.8 Å². The van der Waals surface area contributed by atoms with E-state index in [4.69, 9.17) is 0 Å². The van der Waals surface area contributed by atoms with Gasteiger partial charge in [-0.05, 0) is 73.1 Å². The lowest BCUT2D eigenvalue weighted by Gasteiger charge is -2.25. The zero-order valence-electron chi connectivity index (χ0n) is 21.8. The molecule has 3 N–H and O–H groups in total. The summed E-state index contributed by atoms with van der Waals surface area (Å²) in [6.45, 7) is 4.28. The zero-order chi connectivity index (χ0) is 27.0. The number of anilines is 2. The Labute approximate surface area is 228 Å². The van der Waals surface area contributed by atoms with Gasteiger partial charge >= 0.3 is 6.03 Å². The minimum absolute atomic E-state index is 0.0346. The van der Waals surface area contributed by atoms with E-state index in [2.05, 4.69) is 27.9 Å². The van der Waals surface area contributed by atoms with Gasteiger partial charge < -0.3 is 20.9 Å². The van der Waals surface area contributed by atoms with Crippen LogP contribution in [0.2, 0.25) is 0 Å². The van der Waals surface area contributed by atoms with Gasteiger partial charge in [-0.1, -0.05) is 49.2 Å². The molecule has 3 aromatic rings. The van der Waals surface area contributed by atoms with E-state index in [1.54, 1.807) is 11.1 Å². The van der Waals surface area contributed by atoms with E-state index < -0.39 is 5.41 Å². The number of benzene rings is 2. The molecule has 0 saturated heterocycles. The van der Waals surface area contributed by atoms with Crippen molar-refractivity contribution in [2.24, 2.45) is 0 Å². The van der Waals surface area contributed by atoms with E-state index >= 15 is 0 Å². The van der Waals surface area contributed by atoms with Crippen LogP contribution in [-0.2, 0) is 34.4 Å². The van der Waals surface area contributed by atoms with Crippen molar-refractivity contribution in [2.75, 3.05) is 17.2 Å². The minimum atomic E-state index is -0.661. The predicted octanol–water partition coefficient (Wildman–Crippen LogP) is 4.35. The number of nitrogens with one attached hydrogen (secondary N) is 3. The predicted molar refractivity (Wildman–Crippen MR) is 149 cm³/mol. The summed E-state index contributed by atoms with van der Waals surface area (Å²) in [5.74, 6) is 0.315. The van der Waals surface area contributed by atoms with E-state index in [0.29, 0.717) is 30.9 Å². The fourth-order valence-electron chi connectivity index (χ4n) is 6.17. The molecule has 1 saturated carbocycles. The van der Waals surface area contributed by atoms with Crippen molar-refractivity contribution >= 4 is 29.4 Å². The number of amides is 4. The van der Waals surface area contributed by atoms with Gasteiger partial charge in [-0.15, -0.1) is 0 Å². The Kier molecular flexibility index (Phi) is 6.54. The first kappa shape index (κ1) is 25.1. The third-order valence-electron chi connectivity index (χ3n) is 8.25. The molecule has 2 aliphatic carbocycles. The second kappa shape index (κ2) is 10.2. The molecular weight excluding hydrogens is 490 g/mol. The monoisotopic (exact) mass is 522 g/mol. The van der Waals surface area contributed by atoms with Crippen LogP contribution in [-0.4, -0.2) is 40.3 Å². The average Bonchev–Trinajstić information content (AvgIpc) is 3.63. The summed E-state index contributed by atoms with van der Waals surface area (Å²) in [5.41, 5.74) is 4.76. The molecule has 8 heteroatoms. The number of urea groups is 1. The van der Waals surface area contributed by atoms with E-state index in [1.165, 1.54) is 0 Å². The first-order valence-electron chi connectivity index (χ1n) is 13.6. The van der Waals surface area contributed by atoms with Gasteiger partial charge in [0.15, 0.2) is 0 Å². The van der Waals surface area contributed by atoms with Crippen LogP contribution in [0.5, 0.6) is 0 Å². The van der Waals surface area contributed by atoms with Gasteiger partial charge in [-0.3, -0.25) is 9.59 Å². The Bertz CT molecular complexity index is 1450. The Morgan fingerprint density at radius 2 is 1.85 bits per heavy atom. The summed E-state index contributed by atoms with van der Waals surface area (Å²) in [7, 11) is 0. The van der Waals surface area contributed by atoms with Crippen molar-refractivity contribution in [2.45, 2.75) is 56.5 Å². The number of carbonyl (C=O) groups is 3. The molecule has 1 unspecified atom stereocenters. The average molecular weight is 523 g/mol. The normalized spacial score (nSPS) is 19.5. The maximum atomic E-state index is 13.2. The molecule has 1 radical (unpaired) electrons. The van der Waals surface area contributed by atoms with Crippen LogP contribution in [0.3, 0.4) is 0 Å². The molecule has 1 atom stereocenters. The van der Waals surface area contributed by atoms with Crippen molar-refractivity contribution < 1.29 is 14.4 Å². The van der Waals surface area contributed by atoms with Crippen LogP contribution in [0.1, 0.15) is 53.5 Å². The van der Waals surface area contributed by atoms with Gasteiger partial charge in [-0.2, -0.15) is 0 Å². The fraction of sp³-hybridized carbons (Fsp3) is 0.323. The van der Waals surface area contributed by atoms with Gasteiger partial charge in [-0.25, -0.2) is 9.78 Å². The summed E-state index contributed by atoms with van der Waals surface area (Å²) in [5, 5.41) is 9.00. The summed E-state index contributed by atoms with van der Waals surface area (Å²) < 4.78 is 0. The van der Waals surface area contributed by atoms with E-state index in [-0.39, 0.29) is 30.4 Å². The fourth-order valence-corrected chi connectivity index (χ4v) is 6.17. The lowest BCUT2D eigenvalue weighted by Crippen LogP contribution is -2.46. The molecule has 1 spiro atoms. The number of nitrogens with zero attached hydrogens (tertiary/aromatic N) is 2. The number of fused-ring (bicyclic) bond motifs is 3. The van der Waals surface area contributed by atoms with Gasteiger partial charge in [0.2, 0.25) is 11.8 Å². The molecule has 4 amide bonds. The molecule has 199 valence electrons. The van der Waals surface area contributed by atoms with Crippen LogP contribution >= 0.6 is 0 Å². The van der Waals surface area contributed by atoms with Crippen molar-refractivity contribution in [1.29, 1.82) is 0 Å². The topological polar surface area (TPSA) is 103 Å². The van der Waals surface area contributed by atoms with E-state index in [9.17, 15) is 14.4 Å². The summed E-state index contributed by atoms with van der Waals surface area (Å²) >= 11 is 0. The molecule has 8 nitrogen and oxygen atoms in total. The molecule has 3 aliphatic rings. The van der Waals surface area contributed by atoms with Gasteiger partial charge in [0, 0.05) is 30.0 Å². The van der Waals surface area contributed by atoms with Crippen LogP contribution < -0.4 is 16.0 Å².